The Kier molecular flexibility index (Phi) is 9.18. The van der Waals surface area contributed by atoms with E-state index in [9.17, 15) is 9.59 Å². The minimum absolute atomic E-state index is 0.00649. The highest BCUT2D eigenvalue weighted by molar-refractivity contribution is 5.89. The zero-order valence-electron chi connectivity index (χ0n) is 13.1. The second-order valence-electron chi connectivity index (χ2n) is 4.19. The van der Waals surface area contributed by atoms with Gasteiger partial charge < -0.3 is 14.2 Å². The molecule has 0 aromatic heterocycles. The van der Waals surface area contributed by atoms with E-state index in [2.05, 4.69) is 19.6 Å². The van der Waals surface area contributed by atoms with Crippen molar-refractivity contribution in [2.24, 2.45) is 0 Å². The summed E-state index contributed by atoms with van der Waals surface area (Å²) >= 11 is 0. The number of rotatable bonds is 10. The van der Waals surface area contributed by atoms with Crippen LogP contribution in [0.5, 0.6) is 5.75 Å². The fraction of sp³-hybridized carbons (Fsp3) is 0.467. The molecule has 0 amide bonds. The van der Waals surface area contributed by atoms with Crippen LogP contribution >= 0.6 is 0 Å². The summed E-state index contributed by atoms with van der Waals surface area (Å²) in [5, 5.41) is 4.08. The average molecular weight is 328 g/mol. The molecule has 0 heterocycles. The maximum atomic E-state index is 11.7. The van der Waals surface area contributed by atoms with Crippen molar-refractivity contribution in [1.82, 2.24) is 0 Å². The Hall–Kier alpha value is -2.32. The van der Waals surface area contributed by atoms with Gasteiger partial charge in [-0.05, 0) is 31.5 Å². The van der Waals surface area contributed by atoms with Gasteiger partial charge in [-0.25, -0.2) is 14.5 Å². The van der Waals surface area contributed by atoms with Crippen molar-refractivity contribution in [2.45, 2.75) is 20.3 Å². The molecule has 0 bridgehead atoms. The molecule has 8 heteroatoms. The van der Waals surface area contributed by atoms with E-state index in [4.69, 9.17) is 9.47 Å². The predicted molar refractivity (Wildman–Crippen MR) is 77.7 cm³/mol. The van der Waals surface area contributed by atoms with Crippen LogP contribution in [0, 0.1) is 0 Å². The quantitative estimate of drug-likeness (QED) is 0.280. The summed E-state index contributed by atoms with van der Waals surface area (Å²) in [5.74, 6) is -0.333. The van der Waals surface area contributed by atoms with Crippen molar-refractivity contribution < 1.29 is 38.6 Å². The molecule has 0 aliphatic rings. The Morgan fingerprint density at radius 3 is 2.61 bits per heavy atom. The molecule has 0 aliphatic heterocycles. The SMILES string of the molecule is CCCOCCOC(=O)OOOC(=O)c1cccc(OCC)c1. The van der Waals surface area contributed by atoms with E-state index >= 15 is 0 Å². The molecule has 0 saturated carbocycles. The minimum atomic E-state index is -1.14. The Balaban J connectivity index is 2.23. The molecule has 0 atom stereocenters. The molecule has 23 heavy (non-hydrogen) atoms. The number of carbonyl (C=O) groups excluding carboxylic acids is 2. The van der Waals surface area contributed by atoms with Crippen LogP contribution < -0.4 is 4.74 Å². The first-order valence-corrected chi connectivity index (χ1v) is 7.20. The summed E-state index contributed by atoms with van der Waals surface area (Å²) in [6, 6.07) is 6.28. The molecular weight excluding hydrogens is 308 g/mol. The number of ether oxygens (including phenoxy) is 3. The lowest BCUT2D eigenvalue weighted by molar-refractivity contribution is -0.452. The summed E-state index contributed by atoms with van der Waals surface area (Å²) in [5.41, 5.74) is 0.181. The van der Waals surface area contributed by atoms with E-state index in [0.717, 1.165) is 6.42 Å². The smallest absolute Gasteiger partial charge is 0.494 e. The van der Waals surface area contributed by atoms with Gasteiger partial charge in [0.1, 0.15) is 12.4 Å². The van der Waals surface area contributed by atoms with Crippen molar-refractivity contribution in [1.29, 1.82) is 0 Å². The van der Waals surface area contributed by atoms with Gasteiger partial charge in [-0.2, -0.15) is 0 Å². The van der Waals surface area contributed by atoms with Gasteiger partial charge in [0.15, 0.2) is 0 Å². The van der Waals surface area contributed by atoms with E-state index in [1.807, 2.05) is 13.8 Å². The first-order chi connectivity index (χ1) is 11.2. The third-order valence-corrected chi connectivity index (χ3v) is 2.39. The zero-order chi connectivity index (χ0) is 16.9. The first-order valence-electron chi connectivity index (χ1n) is 7.20. The first kappa shape index (κ1) is 18.7. The molecule has 128 valence electrons. The maximum Gasteiger partial charge on any atom is 0.543 e. The van der Waals surface area contributed by atoms with Crippen LogP contribution in [0.4, 0.5) is 4.79 Å². The van der Waals surface area contributed by atoms with E-state index in [1.54, 1.807) is 12.1 Å². The number of benzene rings is 1. The molecule has 0 unspecified atom stereocenters. The van der Waals surface area contributed by atoms with Crippen LogP contribution in [-0.4, -0.2) is 38.6 Å². The van der Waals surface area contributed by atoms with E-state index in [-0.39, 0.29) is 18.8 Å². The molecule has 0 spiro atoms. The van der Waals surface area contributed by atoms with Crippen LogP contribution in [0.15, 0.2) is 24.3 Å². The summed E-state index contributed by atoms with van der Waals surface area (Å²) < 4.78 is 14.9. The van der Waals surface area contributed by atoms with Crippen LogP contribution in [0.2, 0.25) is 0 Å². The fourth-order valence-corrected chi connectivity index (χ4v) is 1.46. The highest BCUT2D eigenvalue weighted by atomic mass is 17.5. The molecule has 1 aromatic rings. The molecule has 1 aromatic carbocycles. The van der Waals surface area contributed by atoms with Gasteiger partial charge in [-0.15, -0.1) is 0 Å². The van der Waals surface area contributed by atoms with Crippen LogP contribution in [-0.2, 0) is 24.3 Å². The zero-order valence-corrected chi connectivity index (χ0v) is 13.1. The molecule has 0 saturated heterocycles. The lowest BCUT2D eigenvalue weighted by atomic mass is 10.2. The van der Waals surface area contributed by atoms with Crippen molar-refractivity contribution in [3.8, 4) is 5.75 Å². The second-order valence-corrected chi connectivity index (χ2v) is 4.19. The van der Waals surface area contributed by atoms with E-state index < -0.39 is 12.1 Å². The number of carbonyl (C=O) groups is 2. The molecule has 0 fully saturated rings. The van der Waals surface area contributed by atoms with Crippen LogP contribution in [0.1, 0.15) is 30.6 Å². The Morgan fingerprint density at radius 1 is 1.04 bits per heavy atom. The van der Waals surface area contributed by atoms with E-state index in [0.29, 0.717) is 19.0 Å². The molecule has 1 rings (SSSR count). The number of hydrogen-bond acceptors (Lipinski definition) is 8. The van der Waals surface area contributed by atoms with Gasteiger partial charge in [-0.1, -0.05) is 13.0 Å². The fourth-order valence-electron chi connectivity index (χ4n) is 1.46. The standard InChI is InChI=1S/C15H20O8/c1-3-8-18-9-10-20-15(17)22-23-21-14(16)12-6-5-7-13(11-12)19-4-2/h5-7,11H,3-4,8-10H2,1-2H3. The predicted octanol–water partition coefficient (Wildman–Crippen LogP) is 2.67. The average Bonchev–Trinajstić information content (AvgIpc) is 2.55. The van der Waals surface area contributed by atoms with E-state index in [1.165, 1.54) is 12.1 Å². The third kappa shape index (κ3) is 8.03. The lowest BCUT2D eigenvalue weighted by Gasteiger charge is -2.06. The summed E-state index contributed by atoms with van der Waals surface area (Å²) in [6.07, 6.45) is -0.269. The normalized spacial score (nSPS) is 10.0. The third-order valence-electron chi connectivity index (χ3n) is 2.39. The molecule has 0 N–H and O–H groups in total. The van der Waals surface area contributed by atoms with Gasteiger partial charge in [0, 0.05) is 6.61 Å². The molecule has 8 nitrogen and oxygen atoms in total. The van der Waals surface area contributed by atoms with Crippen LogP contribution in [0.3, 0.4) is 0 Å². The van der Waals surface area contributed by atoms with Crippen LogP contribution in [0.25, 0.3) is 0 Å². The Labute approximate surface area is 134 Å². The Bertz CT molecular complexity index is 488. The highest BCUT2D eigenvalue weighted by Gasteiger charge is 2.12. The van der Waals surface area contributed by atoms with Gasteiger partial charge in [-0.3, -0.25) is 4.89 Å². The summed E-state index contributed by atoms with van der Waals surface area (Å²) in [4.78, 5) is 31.2. The highest BCUT2D eigenvalue weighted by Crippen LogP contribution is 2.14. The topological polar surface area (TPSA) is 89.5 Å². The van der Waals surface area contributed by atoms with Crippen molar-refractivity contribution in [2.75, 3.05) is 26.4 Å². The van der Waals surface area contributed by atoms with Gasteiger partial charge in [0.2, 0.25) is 0 Å². The maximum absolute atomic E-state index is 11.7. The van der Waals surface area contributed by atoms with Crippen molar-refractivity contribution in [3.63, 3.8) is 0 Å². The molecular formula is C15H20O8. The second kappa shape index (κ2) is 11.3. The molecule has 0 aliphatic carbocycles. The number of hydrogen-bond donors (Lipinski definition) is 0. The van der Waals surface area contributed by atoms with Gasteiger partial charge in [0.05, 0.1) is 23.8 Å². The van der Waals surface area contributed by atoms with Gasteiger partial charge in [0.25, 0.3) is 0 Å². The van der Waals surface area contributed by atoms with Gasteiger partial charge >= 0.3 is 12.1 Å². The summed E-state index contributed by atoms with van der Waals surface area (Å²) in [7, 11) is 0. The van der Waals surface area contributed by atoms with Crippen molar-refractivity contribution in [3.05, 3.63) is 29.8 Å². The lowest BCUT2D eigenvalue weighted by Crippen LogP contribution is -2.14. The van der Waals surface area contributed by atoms with Crippen molar-refractivity contribution >= 4 is 12.1 Å². The summed E-state index contributed by atoms with van der Waals surface area (Å²) in [6.45, 7) is 5.07. The monoisotopic (exact) mass is 328 g/mol. The Morgan fingerprint density at radius 2 is 1.87 bits per heavy atom. The largest absolute Gasteiger partial charge is 0.543 e. The minimum Gasteiger partial charge on any atom is -0.494 e. The molecule has 0 radical (unpaired) electrons.